The monoisotopic (exact) mass is 550 g/mol. The third-order valence-electron chi connectivity index (χ3n) is 6.25. The Morgan fingerprint density at radius 2 is 1.70 bits per heavy atom. The summed E-state index contributed by atoms with van der Waals surface area (Å²) < 4.78 is 7.34. The van der Waals surface area contributed by atoms with Gasteiger partial charge in [0, 0.05) is 16.3 Å². The lowest BCUT2D eigenvalue weighted by atomic mass is 10.1. The Bertz CT molecular complexity index is 1720. The van der Waals surface area contributed by atoms with Gasteiger partial charge in [0.05, 0.1) is 17.9 Å². The van der Waals surface area contributed by atoms with E-state index in [1.807, 2.05) is 68.4 Å². The van der Waals surface area contributed by atoms with Crippen molar-refractivity contribution in [3.05, 3.63) is 141 Å². The van der Waals surface area contributed by atoms with E-state index in [1.165, 1.54) is 10.9 Å². The first-order valence-electron chi connectivity index (χ1n) is 12.7. The maximum absolute atomic E-state index is 13.7. The number of nitrogens with one attached hydrogen (secondary N) is 2. The molecule has 1 aromatic heterocycles. The average Bonchev–Trinajstić information content (AvgIpc) is 2.95. The van der Waals surface area contributed by atoms with Gasteiger partial charge in [-0.15, -0.1) is 0 Å². The molecule has 4 aromatic carbocycles. The summed E-state index contributed by atoms with van der Waals surface area (Å²) in [5.74, 6) is 0.430. The number of amides is 1. The van der Waals surface area contributed by atoms with Crippen molar-refractivity contribution in [2.45, 2.75) is 19.9 Å². The van der Waals surface area contributed by atoms with Crippen LogP contribution in [-0.4, -0.2) is 15.7 Å². The highest BCUT2D eigenvalue weighted by Crippen LogP contribution is 2.30. The normalized spacial score (nSPS) is 11.5. The first-order valence-corrected chi connectivity index (χ1v) is 13.1. The number of nitrogens with zero attached hydrogens (tertiary/aromatic N) is 2. The topological polar surface area (TPSA) is 85.2 Å². The van der Waals surface area contributed by atoms with Gasteiger partial charge in [-0.3, -0.25) is 9.59 Å². The van der Waals surface area contributed by atoms with E-state index in [2.05, 4.69) is 15.7 Å². The molecule has 0 aliphatic heterocycles. The van der Waals surface area contributed by atoms with E-state index in [4.69, 9.17) is 16.3 Å². The van der Waals surface area contributed by atoms with Crippen LogP contribution in [0.15, 0.2) is 114 Å². The van der Waals surface area contributed by atoms with Gasteiger partial charge in [-0.1, -0.05) is 66.2 Å². The zero-order valence-corrected chi connectivity index (χ0v) is 22.7. The molecule has 1 amide bonds. The largest absolute Gasteiger partial charge is 0.453 e. The lowest BCUT2D eigenvalue weighted by molar-refractivity contribution is 0.0940. The summed E-state index contributed by atoms with van der Waals surface area (Å²) in [7, 11) is 0. The van der Waals surface area contributed by atoms with Crippen LogP contribution in [0.1, 0.15) is 34.5 Å². The van der Waals surface area contributed by atoms with Crippen LogP contribution in [0.3, 0.4) is 0 Å². The standard InChI is InChI=1S/C32H27ClN4O3/c1-21-9-6-15-27(17-21)37-32(39)30(29(20-34-37)40-28-16-8-13-25(33)19-28)36-26-14-7-12-24(18-26)31(38)35-22(2)23-10-4-3-5-11-23/h3-20,22,36H,1-2H3,(H,35,38)/t22-/m1/s1. The SMILES string of the molecule is Cc1cccc(-n2ncc(Oc3cccc(Cl)c3)c(Nc3cccc(C(=O)N[C@H](C)c4ccccc4)c3)c2=O)c1. The zero-order valence-electron chi connectivity index (χ0n) is 22.0. The third kappa shape index (κ3) is 6.22. The second-order valence-corrected chi connectivity index (χ2v) is 9.75. The number of hydrogen-bond acceptors (Lipinski definition) is 5. The molecule has 0 radical (unpaired) electrons. The first-order chi connectivity index (χ1) is 19.4. The Labute approximate surface area is 237 Å². The second-order valence-electron chi connectivity index (χ2n) is 9.31. The smallest absolute Gasteiger partial charge is 0.299 e. The van der Waals surface area contributed by atoms with Crippen LogP contribution in [0.2, 0.25) is 5.02 Å². The van der Waals surface area contributed by atoms with Gasteiger partial charge in [0.2, 0.25) is 0 Å². The molecule has 5 rings (SSSR count). The molecular formula is C32H27ClN4O3. The average molecular weight is 551 g/mol. The molecule has 1 atom stereocenters. The summed E-state index contributed by atoms with van der Waals surface area (Å²) in [6.45, 7) is 3.87. The summed E-state index contributed by atoms with van der Waals surface area (Å²) >= 11 is 6.14. The van der Waals surface area contributed by atoms with Crippen molar-refractivity contribution in [3.8, 4) is 17.2 Å². The van der Waals surface area contributed by atoms with E-state index < -0.39 is 5.56 Å². The van der Waals surface area contributed by atoms with Crippen LogP contribution >= 0.6 is 11.6 Å². The van der Waals surface area contributed by atoms with Crippen LogP contribution in [0.25, 0.3) is 5.69 Å². The molecule has 0 bridgehead atoms. The molecule has 0 spiro atoms. The molecule has 200 valence electrons. The molecule has 0 fully saturated rings. The van der Waals surface area contributed by atoms with Crippen LogP contribution in [0.5, 0.6) is 11.5 Å². The van der Waals surface area contributed by atoms with Gasteiger partial charge >= 0.3 is 0 Å². The highest BCUT2D eigenvalue weighted by Gasteiger charge is 2.17. The van der Waals surface area contributed by atoms with Gasteiger partial charge in [0.1, 0.15) is 5.75 Å². The molecule has 5 aromatic rings. The minimum atomic E-state index is -0.419. The molecule has 0 saturated heterocycles. The maximum Gasteiger partial charge on any atom is 0.299 e. The summed E-state index contributed by atoms with van der Waals surface area (Å²) in [4.78, 5) is 26.8. The number of ether oxygens (including phenoxy) is 1. The third-order valence-corrected chi connectivity index (χ3v) is 6.49. The van der Waals surface area contributed by atoms with E-state index in [0.29, 0.717) is 27.7 Å². The lowest BCUT2D eigenvalue weighted by Gasteiger charge is -2.16. The molecule has 7 nitrogen and oxygen atoms in total. The number of hydrogen-bond donors (Lipinski definition) is 2. The van der Waals surface area contributed by atoms with Gasteiger partial charge in [0.15, 0.2) is 11.4 Å². The highest BCUT2D eigenvalue weighted by atomic mass is 35.5. The van der Waals surface area contributed by atoms with Crippen LogP contribution < -0.4 is 20.9 Å². The van der Waals surface area contributed by atoms with Crippen LogP contribution in [0.4, 0.5) is 11.4 Å². The number of anilines is 2. The second kappa shape index (κ2) is 11.9. The van der Waals surface area contributed by atoms with Gasteiger partial charge in [-0.05, 0) is 73.5 Å². The predicted octanol–water partition coefficient (Wildman–Crippen LogP) is 7.22. The molecule has 0 saturated carbocycles. The number of carbonyl (C=O) groups excluding carboxylic acids is 1. The van der Waals surface area contributed by atoms with E-state index in [0.717, 1.165) is 11.1 Å². The summed E-state index contributed by atoms with van der Waals surface area (Å²) in [6, 6.07) is 30.8. The van der Waals surface area contributed by atoms with Crippen molar-refractivity contribution in [1.29, 1.82) is 0 Å². The molecule has 1 heterocycles. The van der Waals surface area contributed by atoms with Crippen molar-refractivity contribution in [2.24, 2.45) is 0 Å². The van der Waals surface area contributed by atoms with Crippen molar-refractivity contribution in [2.75, 3.05) is 5.32 Å². The predicted molar refractivity (Wildman–Crippen MR) is 158 cm³/mol. The van der Waals surface area contributed by atoms with E-state index in [1.54, 1.807) is 48.5 Å². The molecule has 0 aliphatic carbocycles. The molecule has 40 heavy (non-hydrogen) atoms. The fourth-order valence-corrected chi connectivity index (χ4v) is 4.40. The van der Waals surface area contributed by atoms with Crippen molar-refractivity contribution >= 4 is 28.9 Å². The fraction of sp³-hybridized carbons (Fsp3) is 0.0938. The number of aromatic nitrogens is 2. The zero-order chi connectivity index (χ0) is 28.1. The lowest BCUT2D eigenvalue weighted by Crippen LogP contribution is -2.26. The van der Waals surface area contributed by atoms with Crippen LogP contribution in [0, 0.1) is 6.92 Å². The Morgan fingerprint density at radius 1 is 0.925 bits per heavy atom. The maximum atomic E-state index is 13.7. The number of carbonyl (C=O) groups is 1. The quantitative estimate of drug-likeness (QED) is 0.213. The summed E-state index contributed by atoms with van der Waals surface area (Å²) in [6.07, 6.45) is 1.48. The van der Waals surface area contributed by atoms with Crippen molar-refractivity contribution in [1.82, 2.24) is 15.1 Å². The Kier molecular flexibility index (Phi) is 7.94. The van der Waals surface area contributed by atoms with E-state index >= 15 is 0 Å². The molecule has 8 heteroatoms. The molecule has 0 aliphatic rings. The summed E-state index contributed by atoms with van der Waals surface area (Å²) in [5, 5.41) is 11.0. The minimum absolute atomic E-state index is 0.159. The first kappa shape index (κ1) is 26.7. The molecule has 2 N–H and O–H groups in total. The van der Waals surface area contributed by atoms with Crippen molar-refractivity contribution in [3.63, 3.8) is 0 Å². The Hall–Kier alpha value is -4.88. The van der Waals surface area contributed by atoms with E-state index in [9.17, 15) is 9.59 Å². The van der Waals surface area contributed by atoms with E-state index in [-0.39, 0.29) is 23.4 Å². The van der Waals surface area contributed by atoms with Gasteiger partial charge in [0.25, 0.3) is 11.5 Å². The molecular weight excluding hydrogens is 524 g/mol. The van der Waals surface area contributed by atoms with Crippen LogP contribution in [-0.2, 0) is 0 Å². The van der Waals surface area contributed by atoms with Gasteiger partial charge in [-0.25, -0.2) is 0 Å². The van der Waals surface area contributed by atoms with Gasteiger partial charge < -0.3 is 15.4 Å². The number of rotatable bonds is 8. The number of halogens is 1. The Morgan fingerprint density at radius 3 is 2.48 bits per heavy atom. The van der Waals surface area contributed by atoms with Crippen molar-refractivity contribution < 1.29 is 9.53 Å². The fourth-order valence-electron chi connectivity index (χ4n) is 4.22. The number of benzene rings is 4. The Balaban J connectivity index is 1.48. The highest BCUT2D eigenvalue weighted by molar-refractivity contribution is 6.30. The molecule has 0 unspecified atom stereocenters. The minimum Gasteiger partial charge on any atom is -0.453 e. The number of aryl methyl sites for hydroxylation is 1. The summed E-state index contributed by atoms with van der Waals surface area (Å²) in [5.41, 5.74) is 3.33. The van der Waals surface area contributed by atoms with Gasteiger partial charge in [-0.2, -0.15) is 9.78 Å².